The second-order valence-electron chi connectivity index (χ2n) is 6.93. The van der Waals surface area contributed by atoms with Crippen molar-refractivity contribution < 1.29 is 44.5 Å². The molecule has 0 heterocycles. The minimum atomic E-state index is -1.04. The number of nitrogens with one attached hydrogen (secondary N) is 1. The van der Waals surface area contributed by atoms with Gasteiger partial charge in [-0.25, -0.2) is 0 Å². The van der Waals surface area contributed by atoms with Gasteiger partial charge < -0.3 is 30.2 Å². The van der Waals surface area contributed by atoms with E-state index < -0.39 is 42.4 Å². The molecule has 0 spiro atoms. The minimum Gasteiger partial charge on any atom is -0.465 e. The number of hydrogen-bond acceptors (Lipinski definition) is 11. The number of nitrogens with two attached hydrogens (primary N) is 1. The molecule has 4 unspecified atom stereocenters. The van der Waals surface area contributed by atoms with E-state index in [-0.39, 0.29) is 39.2 Å². The number of likely N-dealkylation sites (N-methyl/N-ethyl adjacent to an activating group) is 1. The minimum absolute atomic E-state index is 0.0591. The van der Waals surface area contributed by atoms with Gasteiger partial charge >= 0.3 is 17.9 Å². The number of carbonyl (C=O) groups excluding carboxylic acids is 3. The van der Waals surface area contributed by atoms with Crippen molar-refractivity contribution in [1.29, 1.82) is 0 Å². The summed E-state index contributed by atoms with van der Waals surface area (Å²) in [4.78, 5) is 36.9. The molecule has 0 aromatic carbocycles. The first-order valence-electron chi connectivity index (χ1n) is 9.93. The summed E-state index contributed by atoms with van der Waals surface area (Å²) in [7, 11) is 1.65. The van der Waals surface area contributed by atoms with Crippen molar-refractivity contribution >= 4 is 17.9 Å². The lowest BCUT2D eigenvalue weighted by Gasteiger charge is -2.28. The number of rotatable bonds is 16. The fourth-order valence-corrected chi connectivity index (χ4v) is 2.43. The largest absolute Gasteiger partial charge is 0.465 e. The van der Waals surface area contributed by atoms with Gasteiger partial charge in [0.2, 0.25) is 0 Å². The molecule has 0 radical (unpaired) electrons. The van der Waals surface area contributed by atoms with Crippen molar-refractivity contribution in [1.82, 2.24) is 10.2 Å². The molecule has 12 nitrogen and oxygen atoms in total. The van der Waals surface area contributed by atoms with E-state index in [0.29, 0.717) is 13.0 Å². The maximum absolute atomic E-state index is 12.2. The van der Waals surface area contributed by atoms with Gasteiger partial charge in [0.05, 0.1) is 25.6 Å². The summed E-state index contributed by atoms with van der Waals surface area (Å²) in [6.45, 7) is 3.45. The van der Waals surface area contributed by atoms with Crippen molar-refractivity contribution in [2.45, 2.75) is 57.6 Å². The van der Waals surface area contributed by atoms with Gasteiger partial charge in [0.15, 0.2) is 6.29 Å². The third kappa shape index (κ3) is 14.2. The summed E-state index contributed by atoms with van der Waals surface area (Å²) in [6, 6.07) is -0.620. The second-order valence-corrected chi connectivity index (χ2v) is 6.93. The normalized spacial score (nSPS) is 15.2. The Labute approximate surface area is 176 Å². The van der Waals surface area contributed by atoms with Gasteiger partial charge in [-0.1, -0.05) is 0 Å². The zero-order chi connectivity index (χ0) is 23.1. The predicted octanol–water partition coefficient (Wildman–Crippen LogP) is -3.08. The van der Waals surface area contributed by atoms with E-state index in [9.17, 15) is 19.5 Å². The van der Waals surface area contributed by atoms with Gasteiger partial charge in [-0.15, -0.1) is 0 Å². The highest BCUT2D eigenvalue weighted by atomic mass is 16.6. The Hall–Kier alpha value is -1.83. The SMILES string of the molecule is CCOC(=O)C(CCNC(N)[NH3+])N(C)CC(O)COC(=O)CCC(=O)OCC(C)O. The summed E-state index contributed by atoms with van der Waals surface area (Å²) in [5.74, 6) is -1.72. The summed E-state index contributed by atoms with van der Waals surface area (Å²) in [5.41, 5.74) is 9.13. The molecule has 0 aliphatic rings. The topological polar surface area (TPSA) is 188 Å². The highest BCUT2D eigenvalue weighted by Gasteiger charge is 2.26. The van der Waals surface area contributed by atoms with E-state index in [1.165, 1.54) is 6.92 Å². The Morgan fingerprint density at radius 1 is 1.10 bits per heavy atom. The molecule has 30 heavy (non-hydrogen) atoms. The maximum atomic E-state index is 12.2. The summed E-state index contributed by atoms with van der Waals surface area (Å²) in [6.07, 6.45) is -2.29. The standard InChI is InChI=1S/C18H36N4O8/c1-4-28-17(27)14(7-8-21-18(19)20)22(3)9-13(24)11-30-16(26)6-5-15(25)29-10-12(2)23/h12-14,18,21,23-24H,4-11,19-20H2,1-3H3/p+1. The third-order valence-electron chi connectivity index (χ3n) is 3.87. The average Bonchev–Trinajstić information content (AvgIpc) is 2.66. The Morgan fingerprint density at radius 2 is 1.67 bits per heavy atom. The van der Waals surface area contributed by atoms with Crippen LogP contribution in [0, 0.1) is 0 Å². The molecule has 0 fully saturated rings. The first-order valence-corrected chi connectivity index (χ1v) is 9.93. The lowest BCUT2D eigenvalue weighted by Crippen LogP contribution is -2.73. The molecule has 0 saturated heterocycles. The van der Waals surface area contributed by atoms with Crippen LogP contribution in [0.3, 0.4) is 0 Å². The van der Waals surface area contributed by atoms with Crippen LogP contribution in [0.2, 0.25) is 0 Å². The number of aliphatic hydroxyl groups is 2. The van der Waals surface area contributed by atoms with Crippen LogP contribution in [0.15, 0.2) is 0 Å². The Kier molecular flexibility index (Phi) is 15.0. The number of ether oxygens (including phenoxy) is 3. The summed E-state index contributed by atoms with van der Waals surface area (Å²) in [5, 5.41) is 22.1. The summed E-state index contributed by atoms with van der Waals surface area (Å²) >= 11 is 0. The molecule has 0 rings (SSSR count). The van der Waals surface area contributed by atoms with Gasteiger partial charge in [0.25, 0.3) is 0 Å². The number of nitrogens with zero attached hydrogens (tertiary/aromatic N) is 1. The number of hydrogen-bond donors (Lipinski definition) is 5. The zero-order valence-corrected chi connectivity index (χ0v) is 18.0. The molecule has 0 aromatic heterocycles. The Balaban J connectivity index is 4.38. The highest BCUT2D eigenvalue weighted by Crippen LogP contribution is 2.07. The second kappa shape index (κ2) is 15.9. The van der Waals surface area contributed by atoms with Crippen LogP contribution in [0.1, 0.15) is 33.1 Å². The van der Waals surface area contributed by atoms with Crippen LogP contribution >= 0.6 is 0 Å². The molecule has 0 amide bonds. The Bertz CT molecular complexity index is 518. The molecular formula is C18H37N4O8+. The zero-order valence-electron chi connectivity index (χ0n) is 18.0. The van der Waals surface area contributed by atoms with Gasteiger partial charge in [-0.05, 0) is 27.3 Å². The molecule has 0 saturated carbocycles. The first-order chi connectivity index (χ1) is 14.1. The Morgan fingerprint density at radius 3 is 2.17 bits per heavy atom. The van der Waals surface area contributed by atoms with Gasteiger partial charge in [-0.3, -0.25) is 30.3 Å². The number of esters is 3. The predicted molar refractivity (Wildman–Crippen MR) is 105 cm³/mol. The van der Waals surface area contributed by atoms with Crippen LogP contribution in [-0.4, -0.2) is 97.5 Å². The molecular weight excluding hydrogens is 400 g/mol. The van der Waals surface area contributed by atoms with Crippen LogP contribution in [0.25, 0.3) is 0 Å². The quantitative estimate of drug-likeness (QED) is 0.0935. The van der Waals surface area contributed by atoms with Crippen LogP contribution in [0.5, 0.6) is 0 Å². The third-order valence-corrected chi connectivity index (χ3v) is 3.87. The van der Waals surface area contributed by atoms with Crippen LogP contribution in [-0.2, 0) is 28.6 Å². The fourth-order valence-electron chi connectivity index (χ4n) is 2.43. The summed E-state index contributed by atoms with van der Waals surface area (Å²) < 4.78 is 14.8. The molecule has 0 bridgehead atoms. The highest BCUT2D eigenvalue weighted by molar-refractivity contribution is 5.77. The molecule has 0 aliphatic heterocycles. The molecule has 0 aromatic rings. The monoisotopic (exact) mass is 437 g/mol. The van der Waals surface area contributed by atoms with E-state index in [0.717, 1.165) is 0 Å². The van der Waals surface area contributed by atoms with Gasteiger partial charge in [-0.2, -0.15) is 0 Å². The van der Waals surface area contributed by atoms with Crippen molar-refractivity contribution in [2.75, 3.05) is 40.0 Å². The van der Waals surface area contributed by atoms with E-state index in [2.05, 4.69) is 11.1 Å². The van der Waals surface area contributed by atoms with Crippen molar-refractivity contribution in [2.24, 2.45) is 5.73 Å². The fraction of sp³-hybridized carbons (Fsp3) is 0.833. The van der Waals surface area contributed by atoms with Gasteiger partial charge in [0, 0.05) is 13.1 Å². The number of quaternary nitrogens is 1. The maximum Gasteiger partial charge on any atom is 0.323 e. The first kappa shape index (κ1) is 28.2. The van der Waals surface area contributed by atoms with E-state index in [1.807, 2.05) is 0 Å². The smallest absolute Gasteiger partial charge is 0.323 e. The van der Waals surface area contributed by atoms with Crippen molar-refractivity contribution in [3.05, 3.63) is 0 Å². The van der Waals surface area contributed by atoms with E-state index in [4.69, 9.17) is 25.1 Å². The van der Waals surface area contributed by atoms with Crippen LogP contribution in [0.4, 0.5) is 0 Å². The molecule has 0 aliphatic carbocycles. The van der Waals surface area contributed by atoms with Crippen molar-refractivity contribution in [3.8, 4) is 0 Å². The lowest BCUT2D eigenvalue weighted by atomic mass is 10.1. The van der Waals surface area contributed by atoms with Crippen LogP contribution < -0.4 is 16.8 Å². The van der Waals surface area contributed by atoms with Gasteiger partial charge in [0.1, 0.15) is 25.4 Å². The average molecular weight is 438 g/mol. The molecule has 176 valence electrons. The number of aliphatic hydroxyl groups excluding tert-OH is 2. The molecule has 12 heteroatoms. The number of carbonyl (C=O) groups is 3. The molecule has 8 N–H and O–H groups in total. The van der Waals surface area contributed by atoms with Crippen molar-refractivity contribution in [3.63, 3.8) is 0 Å². The lowest BCUT2D eigenvalue weighted by molar-refractivity contribution is -0.427. The molecule has 4 atom stereocenters. The van der Waals surface area contributed by atoms with E-state index >= 15 is 0 Å². The van der Waals surface area contributed by atoms with E-state index in [1.54, 1.807) is 18.9 Å².